The number of rotatable bonds is 13. The molecular weight excluding hydrogens is 1230 g/mol. The number of nitrogens with zero attached hydrogens (tertiary/aromatic N) is 7. The Kier molecular flexibility index (Phi) is 20.2. The third-order valence-corrected chi connectivity index (χ3v) is 20.5. The van der Waals surface area contributed by atoms with Crippen LogP contribution in [0.4, 0.5) is 5.82 Å². The maximum absolute atomic E-state index is 14.4. The third-order valence-electron chi connectivity index (χ3n) is 14.8. The average molecular weight is 1290 g/mol. The number of aryl methyl sites for hydroxylation is 1. The maximum Gasteiger partial charge on any atom is 0.271 e. The minimum atomic E-state index is -1.27. The summed E-state index contributed by atoms with van der Waals surface area (Å²) >= 11 is 7.37. The number of benzene rings is 1. The molecule has 7 aromatic heterocycles. The Bertz CT molecular complexity index is 3830. The van der Waals surface area contributed by atoms with Gasteiger partial charge in [-0.15, -0.1) is 68.0 Å². The van der Waals surface area contributed by atoms with Gasteiger partial charge in [-0.05, 0) is 56.2 Å². The van der Waals surface area contributed by atoms with Gasteiger partial charge in [-0.3, -0.25) is 33.6 Å². The lowest BCUT2D eigenvalue weighted by Gasteiger charge is -2.26. The Morgan fingerprint density at radius 1 is 0.724 bits per heavy atom. The summed E-state index contributed by atoms with van der Waals surface area (Å²) in [6, 6.07) is 10.4. The molecule has 2 aliphatic rings. The second-order valence-electron chi connectivity index (χ2n) is 21.1. The van der Waals surface area contributed by atoms with Crippen LogP contribution in [-0.4, -0.2) is 115 Å². The van der Waals surface area contributed by atoms with Crippen LogP contribution in [0.5, 0.6) is 0 Å². The van der Waals surface area contributed by atoms with Crippen LogP contribution >= 0.6 is 68.0 Å². The van der Waals surface area contributed by atoms with Crippen LogP contribution in [0.1, 0.15) is 138 Å². The Morgan fingerprint density at radius 3 is 2.15 bits per heavy atom. The Labute approximate surface area is 523 Å². The molecule has 10 rings (SSSR count). The van der Waals surface area contributed by atoms with Crippen LogP contribution in [0.3, 0.4) is 0 Å². The van der Waals surface area contributed by atoms with Gasteiger partial charge in [0.05, 0.1) is 41.2 Å². The largest absolute Gasteiger partial charge is 0.386 e. The van der Waals surface area contributed by atoms with Crippen LogP contribution < -0.4 is 37.6 Å². The van der Waals surface area contributed by atoms with Crippen molar-refractivity contribution in [2.75, 3.05) is 39.1 Å². The van der Waals surface area contributed by atoms with E-state index >= 15 is 0 Å². The molecule has 4 atom stereocenters. The molecular formula is C58H62N14O9S6. The molecule has 87 heavy (non-hydrogen) atoms. The fourth-order valence-electron chi connectivity index (χ4n) is 10.1. The van der Waals surface area contributed by atoms with Gasteiger partial charge in [0.1, 0.15) is 77.2 Å². The number of hydrogen-bond acceptors (Lipinski definition) is 23. The Hall–Kier alpha value is -7.48. The zero-order valence-corrected chi connectivity index (χ0v) is 52.7. The van der Waals surface area contributed by atoms with Crippen LogP contribution in [0.15, 0.2) is 64.0 Å². The number of amides is 6. The molecule has 6 amide bonds. The molecule has 8 aromatic rings. The topological polar surface area (TPSA) is 337 Å². The van der Waals surface area contributed by atoms with Gasteiger partial charge in [0.25, 0.3) is 11.8 Å². The molecule has 1 aliphatic carbocycles. The lowest BCUT2D eigenvalue weighted by molar-refractivity contribution is -0.128. The number of aromatic nitrogens is 7. The molecule has 0 radical (unpaired) electrons. The molecule has 23 nitrogen and oxygen atoms in total. The smallest absolute Gasteiger partial charge is 0.271 e. The summed E-state index contributed by atoms with van der Waals surface area (Å²) in [6.07, 6.45) is 0.776. The first-order chi connectivity index (χ1) is 42.0. The standard InChI is InChI=1S/C58H62N14O9S6/c1-27(2)33-19-39(73)44-28(3)86-57(71-44)35(20-42(74)60-4)64-51(79)37-24-82-53(66-37)32-15-16-34(55-69-41(26-85-55)68-50(78)31-13-11-30(12-14-31)49(77)61-18-17-59)63-45(32)36-23-83-56(65-36)38-25-84-58(67-38)47(48(76)29-9-7-6-8-10-29)70-43(75)21-62-52(80)46-40(22-81-5)87-54(33)72-46/h6-10,15-16,23-27,30-31,33,35,47-48,76H,11-14,17-22,59H2,1-5H3,(H,60,74)(H,61,77)(H,62,80)(H,64,79)(H,68,78)(H,70,75)/t30?,31?,33-,35-,47-,48-/m0/s1. The number of thiazole rings is 6. The van der Waals surface area contributed by atoms with Crippen molar-refractivity contribution in [2.24, 2.45) is 23.5 Å². The van der Waals surface area contributed by atoms with Crippen LogP contribution in [0.25, 0.3) is 43.4 Å². The Morgan fingerprint density at radius 2 is 1.41 bits per heavy atom. The zero-order valence-electron chi connectivity index (χ0n) is 47.8. The van der Waals surface area contributed by atoms with Gasteiger partial charge in [-0.1, -0.05) is 44.2 Å². The second kappa shape index (κ2) is 28.1. The monoisotopic (exact) mass is 1290 g/mol. The minimum Gasteiger partial charge on any atom is -0.386 e. The summed E-state index contributed by atoms with van der Waals surface area (Å²) in [5.74, 6) is -3.49. The van der Waals surface area contributed by atoms with E-state index in [1.54, 1.807) is 58.8 Å². The predicted molar refractivity (Wildman–Crippen MR) is 335 cm³/mol. The van der Waals surface area contributed by atoms with Gasteiger partial charge < -0.3 is 47.5 Å². The minimum absolute atomic E-state index is 0.0301. The first-order valence-electron chi connectivity index (χ1n) is 27.9. The van der Waals surface area contributed by atoms with Crippen molar-refractivity contribution in [3.8, 4) is 43.4 Å². The first-order valence-corrected chi connectivity index (χ1v) is 33.1. The number of nitrogens with two attached hydrogens (primary N) is 1. The van der Waals surface area contributed by atoms with Gasteiger partial charge in [0.2, 0.25) is 23.6 Å². The van der Waals surface area contributed by atoms with Crippen molar-refractivity contribution in [1.29, 1.82) is 0 Å². The fraction of sp³-hybridized carbons (Fsp3) is 0.379. The summed E-state index contributed by atoms with van der Waals surface area (Å²) in [5.41, 5.74) is 8.54. The van der Waals surface area contributed by atoms with Crippen molar-refractivity contribution >= 4 is 115 Å². The number of Topliss-reactive ketones (excluding diaryl/α,β-unsaturated/α-hetero) is 1. The summed E-state index contributed by atoms with van der Waals surface area (Å²) in [6.45, 7) is 5.94. The lowest BCUT2D eigenvalue weighted by atomic mass is 9.81. The number of pyridine rings is 1. The number of hydrogen-bond donors (Lipinski definition) is 8. The molecule has 1 saturated carbocycles. The molecule has 1 aliphatic heterocycles. The number of methoxy groups -OCH3 is 1. The molecule has 29 heteroatoms. The molecule has 1 aromatic carbocycles. The number of fused-ring (bicyclic) bond motifs is 14. The average Bonchev–Trinajstić information content (AvgIpc) is 2.59. The number of ether oxygens (including phenoxy) is 1. The lowest BCUT2D eigenvalue weighted by Crippen LogP contribution is -2.40. The van der Waals surface area contributed by atoms with Crippen LogP contribution in [0, 0.1) is 24.7 Å². The highest BCUT2D eigenvalue weighted by Crippen LogP contribution is 2.41. The molecule has 0 unspecified atom stereocenters. The summed E-state index contributed by atoms with van der Waals surface area (Å²) in [5, 5.41) is 38.4. The van der Waals surface area contributed by atoms with Gasteiger partial charge in [-0.25, -0.2) is 34.9 Å². The number of carbonyl (C=O) groups excluding carboxylic acids is 7. The molecule has 0 saturated heterocycles. The number of anilines is 1. The fourth-order valence-corrected chi connectivity index (χ4v) is 15.6. The van der Waals surface area contributed by atoms with E-state index in [-0.39, 0.29) is 77.8 Å². The predicted octanol–water partition coefficient (Wildman–Crippen LogP) is 8.02. The first kappa shape index (κ1) is 62.6. The van der Waals surface area contributed by atoms with E-state index in [1.165, 1.54) is 82.2 Å². The van der Waals surface area contributed by atoms with E-state index in [2.05, 4.69) is 31.9 Å². The third kappa shape index (κ3) is 14.6. The maximum atomic E-state index is 14.4. The number of aliphatic hydroxyl groups is 1. The van der Waals surface area contributed by atoms with Crippen molar-refractivity contribution in [1.82, 2.24) is 61.5 Å². The quantitative estimate of drug-likeness (QED) is 0.0541. The normalized spacial score (nSPS) is 18.9. The van der Waals surface area contributed by atoms with E-state index in [0.717, 1.165) is 0 Å². The van der Waals surface area contributed by atoms with Crippen molar-refractivity contribution < 1.29 is 43.4 Å². The number of aliphatic hydroxyl groups excluding tert-OH is 1. The van der Waals surface area contributed by atoms with Crippen LogP contribution in [0.2, 0.25) is 0 Å². The molecule has 10 bridgehead atoms. The van der Waals surface area contributed by atoms with Crippen LogP contribution in [-0.2, 0) is 30.5 Å². The number of carbonyl (C=O) groups is 7. The van der Waals surface area contributed by atoms with E-state index < -0.39 is 48.4 Å². The van der Waals surface area contributed by atoms with E-state index in [9.17, 15) is 38.7 Å². The van der Waals surface area contributed by atoms with Gasteiger partial charge in [-0.2, -0.15) is 0 Å². The zero-order chi connectivity index (χ0) is 61.5. The highest BCUT2D eigenvalue weighted by atomic mass is 32.1. The van der Waals surface area contributed by atoms with Gasteiger partial charge >= 0.3 is 0 Å². The Balaban J connectivity index is 1.01. The van der Waals surface area contributed by atoms with E-state index in [1.807, 2.05) is 26.0 Å². The second-order valence-corrected chi connectivity index (χ2v) is 26.9. The van der Waals surface area contributed by atoms with Crippen molar-refractivity contribution in [3.63, 3.8) is 0 Å². The van der Waals surface area contributed by atoms with Crippen molar-refractivity contribution in [2.45, 2.75) is 90.0 Å². The van der Waals surface area contributed by atoms with Gasteiger partial charge in [0, 0.05) is 83.4 Å². The van der Waals surface area contributed by atoms with E-state index in [4.69, 9.17) is 45.4 Å². The van der Waals surface area contributed by atoms with Crippen molar-refractivity contribution in [3.05, 3.63) is 111 Å². The highest BCUT2D eigenvalue weighted by Gasteiger charge is 2.34. The summed E-state index contributed by atoms with van der Waals surface area (Å²) < 4.78 is 5.48. The molecule has 0 spiro atoms. The highest BCUT2D eigenvalue weighted by molar-refractivity contribution is 7.15. The molecule has 454 valence electrons. The summed E-state index contributed by atoms with van der Waals surface area (Å²) in [7, 11) is 2.97. The van der Waals surface area contributed by atoms with Gasteiger partial charge in [0.15, 0.2) is 5.78 Å². The summed E-state index contributed by atoms with van der Waals surface area (Å²) in [4.78, 5) is 131. The molecule has 1 fully saturated rings. The van der Waals surface area contributed by atoms with E-state index in [0.29, 0.717) is 118 Å². The number of nitrogens with one attached hydrogen (secondary N) is 6. The SMILES string of the molecule is CNC(=O)C[C@@H]1NC(=O)c2csc(n2)-c2ccc(-c3nc(NC(=O)C4CCC(C(=O)NCCN)CC4)cs3)nc2-c2csc(n2)-c2csc(n2)[C@H]([C@@H](O)c2ccccc2)NC(=O)CNC(=O)c2nc(sc2COC)[C@H](C(C)C)CC(=O)c2nc1sc2C. The number of ketones is 1. The molecule has 8 heterocycles. The molecule has 9 N–H and O–H groups in total.